The summed E-state index contributed by atoms with van der Waals surface area (Å²) >= 11 is 0. The molecule has 0 amide bonds. The first kappa shape index (κ1) is 9.98. The van der Waals surface area contributed by atoms with Crippen LogP contribution in [0, 0.1) is 6.92 Å². The predicted molar refractivity (Wildman–Crippen MR) is 50.7 cm³/mol. The van der Waals surface area contributed by atoms with Crippen LogP contribution < -0.4 is 10.6 Å². The van der Waals surface area contributed by atoms with Crippen LogP contribution in [0.1, 0.15) is 19.2 Å². The van der Waals surface area contributed by atoms with Gasteiger partial charge in [0, 0.05) is 13.1 Å². The van der Waals surface area contributed by atoms with Crippen LogP contribution in [0.15, 0.2) is 4.52 Å². The fraction of sp³-hybridized carbons (Fsp3) is 0.750. The zero-order valence-corrected chi connectivity index (χ0v) is 8.13. The number of anilines is 1. The minimum Gasteiger partial charge on any atom is -0.336 e. The molecule has 0 bridgehead atoms. The Bertz CT molecular complexity index is 236. The summed E-state index contributed by atoms with van der Waals surface area (Å²) in [6, 6.07) is 0.496. The minimum absolute atomic E-state index is 0.496. The summed E-state index contributed by atoms with van der Waals surface area (Å²) < 4.78 is 4.87. The average molecular weight is 184 g/mol. The Kier molecular flexibility index (Phi) is 4.25. The molecule has 2 N–H and O–H groups in total. The summed E-state index contributed by atoms with van der Waals surface area (Å²) in [5.74, 6) is 0.656. The smallest absolute Gasteiger partial charge is 0.321 e. The Morgan fingerprint density at radius 1 is 1.31 bits per heavy atom. The van der Waals surface area contributed by atoms with E-state index in [9.17, 15) is 0 Å². The van der Waals surface area contributed by atoms with Gasteiger partial charge < -0.3 is 15.2 Å². The zero-order chi connectivity index (χ0) is 9.52. The van der Waals surface area contributed by atoms with Crippen molar-refractivity contribution in [1.82, 2.24) is 15.5 Å². The summed E-state index contributed by atoms with van der Waals surface area (Å²) in [5, 5.41) is 9.94. The fourth-order valence-corrected chi connectivity index (χ4v) is 0.928. The molecule has 0 spiro atoms. The van der Waals surface area contributed by atoms with Crippen molar-refractivity contribution in [3.8, 4) is 0 Å². The summed E-state index contributed by atoms with van der Waals surface area (Å²) in [7, 11) is 0. The molecule has 1 heterocycles. The van der Waals surface area contributed by atoms with E-state index in [1.54, 1.807) is 6.92 Å². The molecule has 5 heteroatoms. The predicted octanol–water partition coefficient (Wildman–Crippen LogP) is 0.790. The second kappa shape index (κ2) is 5.53. The molecule has 13 heavy (non-hydrogen) atoms. The lowest BCUT2D eigenvalue weighted by atomic mass is 10.5. The number of rotatable bonds is 6. The van der Waals surface area contributed by atoms with Gasteiger partial charge in [0.25, 0.3) is 0 Å². The Morgan fingerprint density at radius 2 is 2.15 bits per heavy atom. The molecule has 0 aliphatic rings. The number of hydrogen-bond donors (Lipinski definition) is 2. The largest absolute Gasteiger partial charge is 0.336 e. The van der Waals surface area contributed by atoms with E-state index in [0.717, 1.165) is 26.1 Å². The van der Waals surface area contributed by atoms with Crippen molar-refractivity contribution in [3.05, 3.63) is 5.82 Å². The van der Waals surface area contributed by atoms with Crippen molar-refractivity contribution in [2.75, 3.05) is 25.0 Å². The van der Waals surface area contributed by atoms with Gasteiger partial charge in [-0.15, -0.1) is 0 Å². The van der Waals surface area contributed by atoms with E-state index < -0.39 is 0 Å². The van der Waals surface area contributed by atoms with Crippen LogP contribution in [-0.2, 0) is 0 Å². The molecule has 0 atom stereocenters. The van der Waals surface area contributed by atoms with Crippen molar-refractivity contribution < 1.29 is 4.52 Å². The maximum Gasteiger partial charge on any atom is 0.321 e. The maximum atomic E-state index is 4.87. The van der Waals surface area contributed by atoms with Gasteiger partial charge in [-0.25, -0.2) is 0 Å². The van der Waals surface area contributed by atoms with Crippen molar-refractivity contribution in [1.29, 1.82) is 0 Å². The molecular formula is C8H16N4O. The van der Waals surface area contributed by atoms with Crippen LogP contribution >= 0.6 is 0 Å². The molecule has 74 valence electrons. The fourth-order valence-electron chi connectivity index (χ4n) is 0.928. The monoisotopic (exact) mass is 184 g/mol. The van der Waals surface area contributed by atoms with E-state index in [2.05, 4.69) is 27.7 Å². The van der Waals surface area contributed by atoms with E-state index in [1.807, 2.05) is 0 Å². The Labute approximate surface area is 77.9 Å². The number of hydrogen-bond acceptors (Lipinski definition) is 5. The number of aryl methyl sites for hydroxylation is 1. The van der Waals surface area contributed by atoms with E-state index in [0.29, 0.717) is 11.8 Å². The van der Waals surface area contributed by atoms with Gasteiger partial charge in [-0.1, -0.05) is 12.1 Å². The van der Waals surface area contributed by atoms with Crippen LogP contribution in [0.3, 0.4) is 0 Å². The van der Waals surface area contributed by atoms with Crippen LogP contribution in [0.5, 0.6) is 0 Å². The van der Waals surface area contributed by atoms with Crippen LogP contribution in [-0.4, -0.2) is 29.8 Å². The second-order valence-corrected chi connectivity index (χ2v) is 2.82. The Hall–Kier alpha value is -1.10. The normalized spacial score (nSPS) is 10.3. The molecule has 0 radical (unpaired) electrons. The van der Waals surface area contributed by atoms with E-state index >= 15 is 0 Å². The van der Waals surface area contributed by atoms with Gasteiger partial charge in [-0.2, -0.15) is 4.98 Å². The third-order valence-corrected chi connectivity index (χ3v) is 1.53. The highest BCUT2D eigenvalue weighted by atomic mass is 16.5. The zero-order valence-electron chi connectivity index (χ0n) is 8.13. The lowest BCUT2D eigenvalue weighted by Gasteiger charge is -2.01. The Balaban J connectivity index is 2.06. The van der Waals surface area contributed by atoms with Crippen molar-refractivity contribution >= 4 is 6.01 Å². The lowest BCUT2D eigenvalue weighted by Crippen LogP contribution is -2.22. The van der Waals surface area contributed by atoms with E-state index in [1.165, 1.54) is 0 Å². The lowest BCUT2D eigenvalue weighted by molar-refractivity contribution is 0.425. The summed E-state index contributed by atoms with van der Waals surface area (Å²) in [6.07, 6.45) is 1.15. The molecule has 0 unspecified atom stereocenters. The molecule has 1 aromatic rings. The quantitative estimate of drug-likeness (QED) is 0.640. The van der Waals surface area contributed by atoms with Crippen LogP contribution in [0.25, 0.3) is 0 Å². The van der Waals surface area contributed by atoms with Crippen LogP contribution in [0.4, 0.5) is 6.01 Å². The van der Waals surface area contributed by atoms with Crippen molar-refractivity contribution in [3.63, 3.8) is 0 Å². The highest BCUT2D eigenvalue weighted by molar-refractivity contribution is 5.17. The third-order valence-electron chi connectivity index (χ3n) is 1.53. The van der Waals surface area contributed by atoms with Crippen molar-refractivity contribution in [2.45, 2.75) is 20.3 Å². The molecule has 0 saturated carbocycles. The van der Waals surface area contributed by atoms with Gasteiger partial charge in [0.15, 0.2) is 5.82 Å². The molecule has 5 nitrogen and oxygen atoms in total. The topological polar surface area (TPSA) is 63.0 Å². The van der Waals surface area contributed by atoms with Gasteiger partial charge in [-0.3, -0.25) is 0 Å². The minimum atomic E-state index is 0.496. The first-order valence-electron chi connectivity index (χ1n) is 4.58. The Morgan fingerprint density at radius 3 is 2.77 bits per heavy atom. The first-order chi connectivity index (χ1) is 6.33. The molecule has 1 rings (SSSR count). The summed E-state index contributed by atoms with van der Waals surface area (Å²) in [6.45, 7) is 6.70. The first-order valence-corrected chi connectivity index (χ1v) is 4.58. The molecule has 0 aromatic carbocycles. The second-order valence-electron chi connectivity index (χ2n) is 2.82. The van der Waals surface area contributed by atoms with Crippen LogP contribution in [0.2, 0.25) is 0 Å². The third kappa shape index (κ3) is 3.89. The van der Waals surface area contributed by atoms with Gasteiger partial charge in [0.1, 0.15) is 0 Å². The number of aromatic nitrogens is 2. The highest BCUT2D eigenvalue weighted by Gasteiger charge is 1.98. The molecule has 0 fully saturated rings. The van der Waals surface area contributed by atoms with E-state index in [-0.39, 0.29) is 0 Å². The standard InChI is InChI=1S/C8H16N4O/c1-3-4-9-5-6-10-8-11-7(2)12-13-8/h9H,3-6H2,1-2H3,(H,10,11,12). The van der Waals surface area contributed by atoms with Gasteiger partial charge in [0.05, 0.1) is 0 Å². The number of nitrogens with one attached hydrogen (secondary N) is 2. The SMILES string of the molecule is CCCNCCNc1nc(C)no1. The molecule has 0 aliphatic heterocycles. The van der Waals surface area contributed by atoms with Crippen molar-refractivity contribution in [2.24, 2.45) is 0 Å². The van der Waals surface area contributed by atoms with Gasteiger partial charge >= 0.3 is 6.01 Å². The average Bonchev–Trinajstić information content (AvgIpc) is 2.51. The summed E-state index contributed by atoms with van der Waals surface area (Å²) in [4.78, 5) is 4.01. The maximum absolute atomic E-state index is 4.87. The summed E-state index contributed by atoms with van der Waals surface area (Å²) in [5.41, 5.74) is 0. The molecule has 0 aliphatic carbocycles. The van der Waals surface area contributed by atoms with Gasteiger partial charge in [-0.05, 0) is 19.9 Å². The molecule has 0 saturated heterocycles. The molecular weight excluding hydrogens is 168 g/mol. The van der Waals surface area contributed by atoms with E-state index in [4.69, 9.17) is 4.52 Å². The molecule has 1 aromatic heterocycles. The van der Waals surface area contributed by atoms with Gasteiger partial charge in [0.2, 0.25) is 0 Å². The highest BCUT2D eigenvalue weighted by Crippen LogP contribution is 1.99. The number of nitrogens with zero attached hydrogens (tertiary/aromatic N) is 2.